The third kappa shape index (κ3) is 4.96. The lowest BCUT2D eigenvalue weighted by molar-refractivity contribution is -0.137. The van der Waals surface area contributed by atoms with Gasteiger partial charge in [0.1, 0.15) is 0 Å². The molecule has 20 heavy (non-hydrogen) atoms. The summed E-state index contributed by atoms with van der Waals surface area (Å²) in [6.07, 6.45) is 2.05. The molecule has 112 valence electrons. The standard InChI is InChI=1S/C15H22O4S/c1-12(2)14(15(16)17)20(18,19)11-7-6-10-13-8-4-3-5-9-13/h3-5,8-9,12,14H,6-7,10-11H2,1-2H3,(H,16,17). The Kier molecular flexibility index (Phi) is 6.20. The molecule has 0 spiro atoms. The number of benzene rings is 1. The molecule has 0 aliphatic carbocycles. The van der Waals surface area contributed by atoms with E-state index in [2.05, 4.69) is 0 Å². The maximum Gasteiger partial charge on any atom is 0.322 e. The number of carbonyl (C=O) groups is 1. The van der Waals surface area contributed by atoms with Crippen molar-refractivity contribution in [3.8, 4) is 0 Å². The molecule has 1 aromatic rings. The van der Waals surface area contributed by atoms with Crippen molar-refractivity contribution in [3.63, 3.8) is 0 Å². The summed E-state index contributed by atoms with van der Waals surface area (Å²) >= 11 is 0. The van der Waals surface area contributed by atoms with Crippen LogP contribution >= 0.6 is 0 Å². The van der Waals surface area contributed by atoms with Gasteiger partial charge in [0.2, 0.25) is 0 Å². The van der Waals surface area contributed by atoms with Crippen LogP contribution in [0, 0.1) is 5.92 Å². The van der Waals surface area contributed by atoms with Gasteiger partial charge in [0.25, 0.3) is 0 Å². The number of carboxylic acid groups (broad SMARTS) is 1. The van der Waals surface area contributed by atoms with E-state index in [9.17, 15) is 13.2 Å². The van der Waals surface area contributed by atoms with Crippen LogP contribution in [0.25, 0.3) is 0 Å². The SMILES string of the molecule is CC(C)C(C(=O)O)S(=O)(=O)CCCCc1ccccc1. The third-order valence-electron chi connectivity index (χ3n) is 3.22. The second kappa shape index (κ2) is 7.43. The van der Waals surface area contributed by atoms with Gasteiger partial charge in [-0.1, -0.05) is 44.2 Å². The van der Waals surface area contributed by atoms with Gasteiger partial charge in [-0.05, 0) is 30.7 Å². The zero-order valence-electron chi connectivity index (χ0n) is 12.0. The molecule has 0 heterocycles. The van der Waals surface area contributed by atoms with Crippen molar-refractivity contribution in [2.45, 2.75) is 38.4 Å². The van der Waals surface area contributed by atoms with Gasteiger partial charge >= 0.3 is 5.97 Å². The van der Waals surface area contributed by atoms with Gasteiger partial charge in [0.15, 0.2) is 15.1 Å². The van der Waals surface area contributed by atoms with Crippen LogP contribution in [0.1, 0.15) is 32.3 Å². The first kappa shape index (κ1) is 16.7. The van der Waals surface area contributed by atoms with Crippen LogP contribution in [-0.2, 0) is 21.1 Å². The molecule has 1 rings (SSSR count). The third-order valence-corrected chi connectivity index (χ3v) is 5.60. The minimum Gasteiger partial charge on any atom is -0.480 e. The van der Waals surface area contributed by atoms with Gasteiger partial charge in [-0.15, -0.1) is 0 Å². The normalized spacial score (nSPS) is 13.3. The quantitative estimate of drug-likeness (QED) is 0.749. The molecule has 0 amide bonds. The van der Waals surface area contributed by atoms with E-state index in [4.69, 9.17) is 5.11 Å². The van der Waals surface area contributed by atoms with Gasteiger partial charge in [-0.3, -0.25) is 4.79 Å². The molecule has 0 fully saturated rings. The summed E-state index contributed by atoms with van der Waals surface area (Å²) in [5, 5.41) is 7.74. The number of unbranched alkanes of at least 4 members (excludes halogenated alkanes) is 1. The monoisotopic (exact) mass is 298 g/mol. The molecule has 0 aromatic heterocycles. The van der Waals surface area contributed by atoms with Gasteiger partial charge < -0.3 is 5.11 Å². The minimum atomic E-state index is -3.57. The number of aryl methyl sites for hydroxylation is 1. The average Bonchev–Trinajstić information content (AvgIpc) is 2.34. The van der Waals surface area contributed by atoms with Gasteiger partial charge in [-0.25, -0.2) is 8.42 Å². The Morgan fingerprint density at radius 1 is 1.15 bits per heavy atom. The zero-order chi connectivity index (χ0) is 15.2. The molecule has 1 N–H and O–H groups in total. The number of aliphatic carboxylic acids is 1. The summed E-state index contributed by atoms with van der Waals surface area (Å²) in [7, 11) is -3.57. The molecule has 0 aliphatic heterocycles. The van der Waals surface area contributed by atoms with Crippen molar-refractivity contribution in [2.75, 3.05) is 5.75 Å². The summed E-state index contributed by atoms with van der Waals surface area (Å²) in [5.74, 6) is -1.72. The van der Waals surface area contributed by atoms with Crippen molar-refractivity contribution < 1.29 is 18.3 Å². The van der Waals surface area contributed by atoms with Gasteiger partial charge in [0, 0.05) is 0 Å². The van der Waals surface area contributed by atoms with Crippen LogP contribution in [0.15, 0.2) is 30.3 Å². The first-order valence-electron chi connectivity index (χ1n) is 6.83. The van der Waals surface area contributed by atoms with Crippen molar-refractivity contribution in [1.82, 2.24) is 0 Å². The molecule has 4 nitrogen and oxygen atoms in total. The predicted octanol–water partition coefficient (Wildman–Crippen LogP) is 2.53. The number of hydrogen-bond donors (Lipinski definition) is 1. The smallest absolute Gasteiger partial charge is 0.322 e. The Bertz CT molecular complexity index is 520. The minimum absolute atomic E-state index is 0.0605. The first-order valence-corrected chi connectivity index (χ1v) is 8.54. The summed E-state index contributed by atoms with van der Waals surface area (Å²) in [5.41, 5.74) is 1.17. The van der Waals surface area contributed by atoms with Crippen molar-refractivity contribution in [2.24, 2.45) is 5.92 Å². The molecule has 0 aliphatic rings. The maximum absolute atomic E-state index is 12.0. The highest BCUT2D eigenvalue weighted by atomic mass is 32.2. The molecule has 1 atom stereocenters. The molecule has 1 aromatic carbocycles. The van der Waals surface area contributed by atoms with Crippen LogP contribution in [0.3, 0.4) is 0 Å². The number of rotatable bonds is 8. The molecule has 0 saturated heterocycles. The van der Waals surface area contributed by atoms with Crippen molar-refractivity contribution >= 4 is 15.8 Å². The Balaban J connectivity index is 2.49. The topological polar surface area (TPSA) is 71.4 Å². The van der Waals surface area contributed by atoms with Crippen molar-refractivity contribution in [1.29, 1.82) is 0 Å². The Morgan fingerprint density at radius 3 is 2.25 bits per heavy atom. The van der Waals surface area contributed by atoms with Gasteiger partial charge in [0.05, 0.1) is 5.75 Å². The Morgan fingerprint density at radius 2 is 1.75 bits per heavy atom. The summed E-state index contributed by atoms with van der Waals surface area (Å²) < 4.78 is 24.1. The Labute approximate surface area is 120 Å². The summed E-state index contributed by atoms with van der Waals surface area (Å²) in [4.78, 5) is 11.1. The van der Waals surface area contributed by atoms with Crippen molar-refractivity contribution in [3.05, 3.63) is 35.9 Å². The molecular formula is C15H22O4S. The van der Waals surface area contributed by atoms with Crippen LogP contribution in [0.2, 0.25) is 0 Å². The van der Waals surface area contributed by atoms with E-state index >= 15 is 0 Å². The lowest BCUT2D eigenvalue weighted by atomic mass is 10.1. The number of sulfone groups is 1. The largest absolute Gasteiger partial charge is 0.480 e. The molecule has 1 unspecified atom stereocenters. The maximum atomic E-state index is 12.0. The lowest BCUT2D eigenvalue weighted by Gasteiger charge is -2.16. The molecule has 0 bridgehead atoms. The highest BCUT2D eigenvalue weighted by Crippen LogP contribution is 2.16. The molecule has 5 heteroatoms. The Hall–Kier alpha value is -1.36. The van der Waals surface area contributed by atoms with E-state index in [0.29, 0.717) is 6.42 Å². The van der Waals surface area contributed by atoms with Crippen LogP contribution in [-0.4, -0.2) is 30.5 Å². The van der Waals surface area contributed by atoms with Gasteiger partial charge in [-0.2, -0.15) is 0 Å². The second-order valence-corrected chi connectivity index (χ2v) is 7.55. The van der Waals surface area contributed by atoms with E-state index in [-0.39, 0.29) is 5.75 Å². The van der Waals surface area contributed by atoms with Crippen LogP contribution in [0.5, 0.6) is 0 Å². The average molecular weight is 298 g/mol. The first-order chi connectivity index (χ1) is 9.34. The van der Waals surface area contributed by atoms with E-state index in [1.54, 1.807) is 13.8 Å². The summed E-state index contributed by atoms with van der Waals surface area (Å²) in [6, 6.07) is 9.84. The zero-order valence-corrected chi connectivity index (χ0v) is 12.8. The van der Waals surface area contributed by atoms with E-state index in [1.807, 2.05) is 30.3 Å². The van der Waals surface area contributed by atoms with E-state index in [0.717, 1.165) is 12.8 Å². The highest BCUT2D eigenvalue weighted by molar-refractivity contribution is 7.92. The van der Waals surface area contributed by atoms with E-state index in [1.165, 1.54) is 5.56 Å². The fraction of sp³-hybridized carbons (Fsp3) is 0.533. The number of hydrogen-bond acceptors (Lipinski definition) is 3. The summed E-state index contributed by atoms with van der Waals surface area (Å²) in [6.45, 7) is 3.25. The molecule has 0 saturated carbocycles. The molecular weight excluding hydrogens is 276 g/mol. The fourth-order valence-electron chi connectivity index (χ4n) is 2.26. The lowest BCUT2D eigenvalue weighted by Crippen LogP contribution is -2.36. The van der Waals surface area contributed by atoms with Crippen LogP contribution in [0.4, 0.5) is 0 Å². The fourth-order valence-corrected chi connectivity index (χ4v) is 4.25. The second-order valence-electron chi connectivity index (χ2n) is 5.31. The highest BCUT2D eigenvalue weighted by Gasteiger charge is 2.34. The molecule has 0 radical (unpaired) electrons. The number of carboxylic acids is 1. The predicted molar refractivity (Wildman–Crippen MR) is 79.4 cm³/mol. The van der Waals surface area contributed by atoms with Crippen LogP contribution < -0.4 is 0 Å². The van der Waals surface area contributed by atoms with E-state index < -0.39 is 27.0 Å².